The number of nitrogens with one attached hydrogen (secondary N) is 1. The van der Waals surface area contributed by atoms with Gasteiger partial charge in [-0.15, -0.1) is 0 Å². The zero-order chi connectivity index (χ0) is 14.0. The summed E-state index contributed by atoms with van der Waals surface area (Å²) in [5, 5.41) is 3.63. The van der Waals surface area contributed by atoms with Crippen molar-refractivity contribution >= 4 is 0 Å². The molecule has 1 N–H and O–H groups in total. The molecule has 1 aliphatic heterocycles. The molecule has 0 bridgehead atoms. The Bertz CT molecular complexity index is 466. The number of benzene rings is 1. The summed E-state index contributed by atoms with van der Waals surface area (Å²) in [6.07, 6.45) is 7.36. The summed E-state index contributed by atoms with van der Waals surface area (Å²) in [5.74, 6) is 1.96. The third-order valence-corrected chi connectivity index (χ3v) is 4.71. The van der Waals surface area contributed by atoms with Crippen molar-refractivity contribution in [1.82, 2.24) is 5.32 Å². The lowest BCUT2D eigenvalue weighted by molar-refractivity contribution is -0.00313. The van der Waals surface area contributed by atoms with Crippen LogP contribution in [0, 0.1) is 0 Å². The van der Waals surface area contributed by atoms with Crippen molar-refractivity contribution in [3.05, 3.63) is 23.8 Å². The first-order chi connectivity index (χ1) is 9.78. The van der Waals surface area contributed by atoms with Gasteiger partial charge in [-0.2, -0.15) is 0 Å². The van der Waals surface area contributed by atoms with Crippen molar-refractivity contribution in [2.24, 2.45) is 0 Å². The van der Waals surface area contributed by atoms with Crippen molar-refractivity contribution in [2.75, 3.05) is 13.7 Å². The predicted molar refractivity (Wildman–Crippen MR) is 80.5 cm³/mol. The summed E-state index contributed by atoms with van der Waals surface area (Å²) in [7, 11) is 1.74. The fraction of sp³-hybridized carbons (Fsp3) is 0.647. The summed E-state index contributed by atoms with van der Waals surface area (Å²) in [5.41, 5.74) is 1.25. The van der Waals surface area contributed by atoms with Gasteiger partial charge in [0.2, 0.25) is 0 Å². The van der Waals surface area contributed by atoms with Crippen LogP contribution in [0.1, 0.15) is 57.1 Å². The molecule has 1 saturated carbocycles. The molecule has 0 aromatic heterocycles. The van der Waals surface area contributed by atoms with Gasteiger partial charge in [-0.1, -0.05) is 19.4 Å². The first-order valence-electron chi connectivity index (χ1n) is 7.87. The third-order valence-electron chi connectivity index (χ3n) is 4.71. The minimum Gasteiger partial charge on any atom is -0.496 e. The molecular formula is C17H25NO2. The maximum Gasteiger partial charge on any atom is 0.128 e. The van der Waals surface area contributed by atoms with Crippen molar-refractivity contribution in [2.45, 2.75) is 57.1 Å². The maximum absolute atomic E-state index is 6.46. The molecule has 20 heavy (non-hydrogen) atoms. The Labute approximate surface area is 121 Å². The molecule has 1 spiro atoms. The summed E-state index contributed by atoms with van der Waals surface area (Å²) in [6.45, 7) is 3.14. The highest BCUT2D eigenvalue weighted by Crippen LogP contribution is 2.48. The van der Waals surface area contributed by atoms with Gasteiger partial charge in [0.1, 0.15) is 17.1 Å². The molecule has 1 unspecified atom stereocenters. The quantitative estimate of drug-likeness (QED) is 0.909. The van der Waals surface area contributed by atoms with Gasteiger partial charge in [0.05, 0.1) is 12.7 Å². The number of ether oxygens (including phenoxy) is 2. The molecule has 1 aromatic rings. The molecule has 1 aromatic carbocycles. The molecule has 0 amide bonds. The molecule has 1 atom stereocenters. The van der Waals surface area contributed by atoms with Crippen LogP contribution in [0.25, 0.3) is 0 Å². The number of methoxy groups -OCH3 is 1. The molecule has 3 heteroatoms. The minimum absolute atomic E-state index is 0.0461. The van der Waals surface area contributed by atoms with Crippen LogP contribution in [0.3, 0.4) is 0 Å². The largest absolute Gasteiger partial charge is 0.496 e. The second kappa shape index (κ2) is 5.65. The molecule has 1 fully saturated rings. The van der Waals surface area contributed by atoms with E-state index < -0.39 is 0 Å². The fourth-order valence-electron chi connectivity index (χ4n) is 3.81. The van der Waals surface area contributed by atoms with Gasteiger partial charge in [0.25, 0.3) is 0 Å². The Hall–Kier alpha value is -1.22. The highest BCUT2D eigenvalue weighted by atomic mass is 16.5. The number of hydrogen-bond donors (Lipinski definition) is 1. The van der Waals surface area contributed by atoms with Crippen molar-refractivity contribution in [3.8, 4) is 11.5 Å². The number of fused-ring (bicyclic) bond motifs is 1. The van der Waals surface area contributed by atoms with Crippen LogP contribution in [-0.2, 0) is 0 Å². The standard InChI is InChI=1S/C17H25NO2/c1-3-18-13-12-17(10-5-4-6-11-17)20-15-9-7-8-14(19-2)16(13)15/h7-9,13,18H,3-6,10-12H2,1-2H3. The Balaban J connectivity index is 1.98. The minimum atomic E-state index is 0.0461. The second-order valence-corrected chi connectivity index (χ2v) is 6.03. The van der Waals surface area contributed by atoms with Gasteiger partial charge < -0.3 is 14.8 Å². The zero-order valence-corrected chi connectivity index (χ0v) is 12.6. The molecule has 1 aliphatic carbocycles. The van der Waals surface area contributed by atoms with Crippen LogP contribution < -0.4 is 14.8 Å². The number of rotatable bonds is 3. The van der Waals surface area contributed by atoms with E-state index >= 15 is 0 Å². The predicted octanol–water partition coefficient (Wildman–Crippen LogP) is 3.83. The van der Waals surface area contributed by atoms with Crippen LogP contribution in [0.2, 0.25) is 0 Å². The normalized spacial score (nSPS) is 24.0. The van der Waals surface area contributed by atoms with E-state index in [1.165, 1.54) is 37.7 Å². The van der Waals surface area contributed by atoms with Crippen LogP contribution >= 0.6 is 0 Å². The lowest BCUT2D eigenvalue weighted by Gasteiger charge is -2.45. The molecule has 0 saturated heterocycles. The van der Waals surface area contributed by atoms with Gasteiger partial charge in [-0.05, 0) is 44.4 Å². The number of hydrogen-bond acceptors (Lipinski definition) is 3. The maximum atomic E-state index is 6.46. The fourth-order valence-corrected chi connectivity index (χ4v) is 3.81. The zero-order valence-electron chi connectivity index (χ0n) is 12.6. The van der Waals surface area contributed by atoms with Gasteiger partial charge >= 0.3 is 0 Å². The highest BCUT2D eigenvalue weighted by molar-refractivity contribution is 5.49. The van der Waals surface area contributed by atoms with E-state index in [0.29, 0.717) is 6.04 Å². The molecular weight excluding hydrogens is 250 g/mol. The highest BCUT2D eigenvalue weighted by Gasteiger charge is 2.42. The summed E-state index contributed by atoms with van der Waals surface area (Å²) < 4.78 is 12.0. The average molecular weight is 275 g/mol. The smallest absolute Gasteiger partial charge is 0.128 e. The SMILES string of the molecule is CCNC1CC2(CCCCC2)Oc2cccc(OC)c21. The lowest BCUT2D eigenvalue weighted by Crippen LogP contribution is -2.45. The Morgan fingerprint density at radius 3 is 2.80 bits per heavy atom. The molecule has 1 heterocycles. The van der Waals surface area contributed by atoms with E-state index in [9.17, 15) is 0 Å². The topological polar surface area (TPSA) is 30.5 Å². The van der Waals surface area contributed by atoms with E-state index in [1.54, 1.807) is 7.11 Å². The van der Waals surface area contributed by atoms with Crippen LogP contribution in [-0.4, -0.2) is 19.3 Å². The molecule has 2 aliphatic rings. The van der Waals surface area contributed by atoms with Gasteiger partial charge in [-0.3, -0.25) is 0 Å². The van der Waals surface area contributed by atoms with Crippen molar-refractivity contribution < 1.29 is 9.47 Å². The average Bonchev–Trinajstić information content (AvgIpc) is 2.47. The Morgan fingerprint density at radius 2 is 2.10 bits per heavy atom. The lowest BCUT2D eigenvalue weighted by atomic mass is 9.77. The molecule has 3 rings (SSSR count). The first kappa shape index (κ1) is 13.7. The van der Waals surface area contributed by atoms with Gasteiger partial charge in [-0.25, -0.2) is 0 Å². The molecule has 3 nitrogen and oxygen atoms in total. The summed E-state index contributed by atoms with van der Waals surface area (Å²) in [4.78, 5) is 0. The van der Waals surface area contributed by atoms with Gasteiger partial charge in [0.15, 0.2) is 0 Å². The second-order valence-electron chi connectivity index (χ2n) is 6.03. The third kappa shape index (κ3) is 2.39. The Kier molecular flexibility index (Phi) is 3.88. The van der Waals surface area contributed by atoms with E-state index in [4.69, 9.17) is 9.47 Å². The first-order valence-corrected chi connectivity index (χ1v) is 7.87. The van der Waals surface area contributed by atoms with Gasteiger partial charge in [0, 0.05) is 12.5 Å². The van der Waals surface area contributed by atoms with E-state index in [-0.39, 0.29) is 5.60 Å². The summed E-state index contributed by atoms with van der Waals surface area (Å²) in [6, 6.07) is 6.50. The van der Waals surface area contributed by atoms with Crippen LogP contribution in [0.15, 0.2) is 18.2 Å². The molecule has 0 radical (unpaired) electrons. The Morgan fingerprint density at radius 1 is 1.30 bits per heavy atom. The van der Waals surface area contributed by atoms with Crippen LogP contribution in [0.4, 0.5) is 0 Å². The summed E-state index contributed by atoms with van der Waals surface area (Å²) >= 11 is 0. The van der Waals surface area contributed by atoms with Crippen LogP contribution in [0.5, 0.6) is 11.5 Å². The monoisotopic (exact) mass is 275 g/mol. The van der Waals surface area contributed by atoms with Crippen molar-refractivity contribution in [3.63, 3.8) is 0 Å². The van der Waals surface area contributed by atoms with Crippen molar-refractivity contribution in [1.29, 1.82) is 0 Å². The van der Waals surface area contributed by atoms with E-state index in [2.05, 4.69) is 18.3 Å². The molecule has 110 valence electrons. The van der Waals surface area contributed by atoms with E-state index in [1.807, 2.05) is 12.1 Å². The van der Waals surface area contributed by atoms with E-state index in [0.717, 1.165) is 24.5 Å².